The SMILES string of the molecule is CCNCc1cc(COC(C)C(C)C)on1. The highest BCUT2D eigenvalue weighted by Gasteiger charge is 2.09. The van der Waals surface area contributed by atoms with Gasteiger partial charge in [-0.1, -0.05) is 25.9 Å². The van der Waals surface area contributed by atoms with Gasteiger partial charge in [0.2, 0.25) is 0 Å². The van der Waals surface area contributed by atoms with Gasteiger partial charge in [0.1, 0.15) is 6.61 Å². The third kappa shape index (κ3) is 4.33. The summed E-state index contributed by atoms with van der Waals surface area (Å²) in [6, 6.07) is 1.94. The first-order valence-corrected chi connectivity index (χ1v) is 5.90. The predicted octanol–water partition coefficient (Wildman–Crippen LogP) is 2.35. The number of hydrogen-bond acceptors (Lipinski definition) is 4. The minimum absolute atomic E-state index is 0.238. The van der Waals surface area contributed by atoms with E-state index in [2.05, 4.69) is 38.2 Å². The van der Waals surface area contributed by atoms with Crippen LogP contribution < -0.4 is 5.32 Å². The van der Waals surface area contributed by atoms with E-state index in [-0.39, 0.29) is 6.10 Å². The van der Waals surface area contributed by atoms with Crippen molar-refractivity contribution in [3.63, 3.8) is 0 Å². The molecule has 1 aromatic rings. The van der Waals surface area contributed by atoms with Crippen molar-refractivity contribution in [2.75, 3.05) is 6.54 Å². The predicted molar refractivity (Wildman–Crippen MR) is 63.0 cm³/mol. The Morgan fingerprint density at radius 1 is 1.44 bits per heavy atom. The van der Waals surface area contributed by atoms with E-state index in [9.17, 15) is 0 Å². The Kier molecular flexibility index (Phi) is 5.49. The van der Waals surface area contributed by atoms with Gasteiger partial charge in [0, 0.05) is 12.6 Å². The van der Waals surface area contributed by atoms with Crippen LogP contribution in [0.4, 0.5) is 0 Å². The zero-order chi connectivity index (χ0) is 12.0. The molecule has 1 unspecified atom stereocenters. The molecule has 0 saturated heterocycles. The Balaban J connectivity index is 2.34. The normalized spacial score (nSPS) is 13.3. The minimum Gasteiger partial charge on any atom is -0.370 e. The van der Waals surface area contributed by atoms with Crippen molar-refractivity contribution in [1.29, 1.82) is 0 Å². The van der Waals surface area contributed by atoms with Crippen LogP contribution in [0, 0.1) is 5.92 Å². The molecule has 0 aliphatic carbocycles. The summed E-state index contributed by atoms with van der Waals surface area (Å²) in [4.78, 5) is 0. The van der Waals surface area contributed by atoms with Crippen molar-refractivity contribution in [3.05, 3.63) is 17.5 Å². The summed E-state index contributed by atoms with van der Waals surface area (Å²) in [7, 11) is 0. The smallest absolute Gasteiger partial charge is 0.162 e. The molecule has 16 heavy (non-hydrogen) atoms. The number of ether oxygens (including phenoxy) is 1. The van der Waals surface area contributed by atoms with Crippen LogP contribution in [-0.2, 0) is 17.9 Å². The maximum Gasteiger partial charge on any atom is 0.162 e. The van der Waals surface area contributed by atoms with Crippen LogP contribution in [0.3, 0.4) is 0 Å². The fourth-order valence-corrected chi connectivity index (χ4v) is 1.17. The molecule has 0 bridgehead atoms. The molecule has 0 spiro atoms. The minimum atomic E-state index is 0.238. The van der Waals surface area contributed by atoms with Gasteiger partial charge in [0.15, 0.2) is 5.76 Å². The lowest BCUT2D eigenvalue weighted by molar-refractivity contribution is 0.0127. The lowest BCUT2D eigenvalue weighted by atomic mass is 10.1. The second-order valence-electron chi connectivity index (χ2n) is 4.33. The third-order valence-electron chi connectivity index (χ3n) is 2.59. The molecule has 1 heterocycles. The molecule has 1 rings (SSSR count). The molecular weight excluding hydrogens is 204 g/mol. The van der Waals surface area contributed by atoms with Crippen molar-refractivity contribution < 1.29 is 9.26 Å². The van der Waals surface area contributed by atoms with E-state index >= 15 is 0 Å². The van der Waals surface area contributed by atoms with Crippen LogP contribution in [0.5, 0.6) is 0 Å². The molecule has 0 aliphatic heterocycles. The first-order chi connectivity index (χ1) is 7.63. The lowest BCUT2D eigenvalue weighted by Gasteiger charge is -2.14. The van der Waals surface area contributed by atoms with Crippen LogP contribution in [0.15, 0.2) is 10.6 Å². The quantitative estimate of drug-likeness (QED) is 0.775. The number of nitrogens with zero attached hydrogens (tertiary/aromatic N) is 1. The highest BCUT2D eigenvalue weighted by molar-refractivity contribution is 5.04. The topological polar surface area (TPSA) is 47.3 Å². The Morgan fingerprint density at radius 3 is 2.81 bits per heavy atom. The van der Waals surface area contributed by atoms with Crippen molar-refractivity contribution in [1.82, 2.24) is 10.5 Å². The van der Waals surface area contributed by atoms with Crippen LogP contribution >= 0.6 is 0 Å². The highest BCUT2D eigenvalue weighted by atomic mass is 16.5. The monoisotopic (exact) mass is 226 g/mol. The molecule has 0 aliphatic rings. The molecule has 0 aromatic carbocycles. The van der Waals surface area contributed by atoms with Gasteiger partial charge in [-0.2, -0.15) is 0 Å². The summed E-state index contributed by atoms with van der Waals surface area (Å²) >= 11 is 0. The summed E-state index contributed by atoms with van der Waals surface area (Å²) in [6.07, 6.45) is 0.238. The summed E-state index contributed by atoms with van der Waals surface area (Å²) in [5.41, 5.74) is 0.928. The molecule has 1 atom stereocenters. The van der Waals surface area contributed by atoms with Crippen molar-refractivity contribution >= 4 is 0 Å². The largest absolute Gasteiger partial charge is 0.370 e. The molecular formula is C12H22N2O2. The molecule has 92 valence electrons. The first-order valence-electron chi connectivity index (χ1n) is 5.90. The highest BCUT2D eigenvalue weighted by Crippen LogP contribution is 2.10. The summed E-state index contributed by atoms with van der Waals surface area (Å²) in [5.74, 6) is 1.31. The average Bonchev–Trinajstić information content (AvgIpc) is 2.70. The maximum absolute atomic E-state index is 5.65. The van der Waals surface area contributed by atoms with Crippen LogP contribution in [-0.4, -0.2) is 17.8 Å². The van der Waals surface area contributed by atoms with Crippen molar-refractivity contribution in [2.45, 2.75) is 47.0 Å². The number of nitrogens with one attached hydrogen (secondary N) is 1. The van der Waals surface area contributed by atoms with Gasteiger partial charge in [-0.25, -0.2) is 0 Å². The third-order valence-corrected chi connectivity index (χ3v) is 2.59. The molecule has 0 amide bonds. The second kappa shape index (κ2) is 6.66. The Labute approximate surface area is 97.3 Å². The number of hydrogen-bond donors (Lipinski definition) is 1. The van der Waals surface area contributed by atoms with Crippen LogP contribution in [0.1, 0.15) is 39.1 Å². The van der Waals surface area contributed by atoms with E-state index in [1.165, 1.54) is 0 Å². The summed E-state index contributed by atoms with van der Waals surface area (Å²) in [5, 5.41) is 7.16. The first kappa shape index (κ1) is 13.2. The fourth-order valence-electron chi connectivity index (χ4n) is 1.17. The lowest BCUT2D eigenvalue weighted by Crippen LogP contribution is -2.14. The van der Waals surface area contributed by atoms with Gasteiger partial charge < -0.3 is 14.6 Å². The molecule has 1 N–H and O–H groups in total. The number of aromatic nitrogens is 1. The molecule has 4 nitrogen and oxygen atoms in total. The van der Waals surface area contributed by atoms with E-state index in [4.69, 9.17) is 9.26 Å². The van der Waals surface area contributed by atoms with E-state index in [0.29, 0.717) is 12.5 Å². The van der Waals surface area contributed by atoms with E-state index in [1.807, 2.05) is 6.07 Å². The standard InChI is InChI=1S/C12H22N2O2/c1-5-13-7-11-6-12(16-14-11)8-15-10(4)9(2)3/h6,9-10,13H,5,7-8H2,1-4H3. The zero-order valence-electron chi connectivity index (χ0n) is 10.6. The Bertz CT molecular complexity index is 297. The summed E-state index contributed by atoms with van der Waals surface area (Å²) in [6.45, 7) is 10.6. The van der Waals surface area contributed by atoms with Crippen molar-refractivity contribution in [2.24, 2.45) is 5.92 Å². The molecule has 0 radical (unpaired) electrons. The molecule has 0 fully saturated rings. The van der Waals surface area contributed by atoms with Gasteiger partial charge in [0.05, 0.1) is 11.8 Å². The van der Waals surface area contributed by atoms with Crippen LogP contribution in [0.25, 0.3) is 0 Å². The molecule has 0 saturated carbocycles. The fraction of sp³-hybridized carbons (Fsp3) is 0.750. The Hall–Kier alpha value is -0.870. The van der Waals surface area contributed by atoms with Crippen molar-refractivity contribution in [3.8, 4) is 0 Å². The van der Waals surface area contributed by atoms with Gasteiger partial charge in [-0.05, 0) is 19.4 Å². The maximum atomic E-state index is 5.65. The summed E-state index contributed by atoms with van der Waals surface area (Å²) < 4.78 is 10.8. The van der Waals surface area contributed by atoms with E-state index in [1.54, 1.807) is 0 Å². The number of rotatable bonds is 7. The Morgan fingerprint density at radius 2 is 2.19 bits per heavy atom. The average molecular weight is 226 g/mol. The van der Waals surface area contributed by atoms with Gasteiger partial charge in [0.25, 0.3) is 0 Å². The zero-order valence-corrected chi connectivity index (χ0v) is 10.6. The van der Waals surface area contributed by atoms with Gasteiger partial charge >= 0.3 is 0 Å². The van der Waals surface area contributed by atoms with Gasteiger partial charge in [-0.3, -0.25) is 0 Å². The molecule has 1 aromatic heterocycles. The van der Waals surface area contributed by atoms with Crippen LogP contribution in [0.2, 0.25) is 0 Å². The van der Waals surface area contributed by atoms with E-state index in [0.717, 1.165) is 24.5 Å². The second-order valence-corrected chi connectivity index (χ2v) is 4.33. The van der Waals surface area contributed by atoms with Gasteiger partial charge in [-0.15, -0.1) is 0 Å². The molecule has 4 heteroatoms. The van der Waals surface area contributed by atoms with E-state index < -0.39 is 0 Å².